The molecule has 0 spiro atoms. The standard InChI is InChI=1S/C21H22N2O/c1-2-19(24)14-13-18-15-20(16-9-5-3-6-10-16)23-21(22-18)17-11-7-4-8-12-17/h3-12,15,19,24H,2,13-14H2,1H3. The number of nitrogens with zero attached hydrogens (tertiary/aromatic N) is 2. The second-order valence-corrected chi connectivity index (χ2v) is 5.90. The minimum atomic E-state index is -0.277. The summed E-state index contributed by atoms with van der Waals surface area (Å²) in [4.78, 5) is 9.46. The number of rotatable bonds is 6. The van der Waals surface area contributed by atoms with Gasteiger partial charge in [-0.25, -0.2) is 9.97 Å². The van der Waals surface area contributed by atoms with Crippen molar-refractivity contribution in [2.45, 2.75) is 32.3 Å². The Morgan fingerprint density at radius 1 is 0.875 bits per heavy atom. The third-order valence-electron chi connectivity index (χ3n) is 4.09. The van der Waals surface area contributed by atoms with Crippen molar-refractivity contribution < 1.29 is 5.11 Å². The van der Waals surface area contributed by atoms with Crippen LogP contribution in [0.3, 0.4) is 0 Å². The fraction of sp³-hybridized carbons (Fsp3) is 0.238. The van der Waals surface area contributed by atoms with E-state index in [9.17, 15) is 5.11 Å². The van der Waals surface area contributed by atoms with Crippen LogP contribution in [0.15, 0.2) is 66.7 Å². The average Bonchev–Trinajstić information content (AvgIpc) is 2.67. The van der Waals surface area contributed by atoms with Gasteiger partial charge in [-0.1, -0.05) is 67.6 Å². The molecular formula is C21H22N2O. The summed E-state index contributed by atoms with van der Waals surface area (Å²) in [7, 11) is 0. The van der Waals surface area contributed by atoms with E-state index in [1.807, 2.05) is 61.5 Å². The van der Waals surface area contributed by atoms with Crippen LogP contribution in [0.2, 0.25) is 0 Å². The molecule has 0 radical (unpaired) electrons. The van der Waals surface area contributed by atoms with Crippen molar-refractivity contribution in [2.75, 3.05) is 0 Å². The fourth-order valence-corrected chi connectivity index (χ4v) is 2.62. The Labute approximate surface area is 143 Å². The SMILES string of the molecule is CCC(O)CCc1cc(-c2ccccc2)nc(-c2ccccc2)n1. The van der Waals surface area contributed by atoms with Gasteiger partial charge in [0, 0.05) is 16.8 Å². The molecule has 0 saturated carbocycles. The molecule has 3 aromatic rings. The summed E-state index contributed by atoms with van der Waals surface area (Å²) < 4.78 is 0. The van der Waals surface area contributed by atoms with E-state index in [0.717, 1.165) is 47.6 Å². The Bertz CT molecular complexity index is 715. The molecule has 0 amide bonds. The van der Waals surface area contributed by atoms with E-state index in [-0.39, 0.29) is 6.10 Å². The normalized spacial score (nSPS) is 12.1. The molecule has 2 aromatic carbocycles. The summed E-state index contributed by atoms with van der Waals surface area (Å²) in [6.45, 7) is 2.00. The second-order valence-electron chi connectivity index (χ2n) is 5.90. The number of aryl methyl sites for hydroxylation is 1. The lowest BCUT2D eigenvalue weighted by atomic mass is 10.1. The molecule has 3 heteroatoms. The van der Waals surface area contributed by atoms with Gasteiger partial charge in [0.1, 0.15) is 0 Å². The van der Waals surface area contributed by atoms with Gasteiger partial charge in [-0.3, -0.25) is 0 Å². The van der Waals surface area contributed by atoms with Crippen LogP contribution in [-0.2, 0) is 6.42 Å². The van der Waals surface area contributed by atoms with Crippen molar-refractivity contribution in [3.05, 3.63) is 72.4 Å². The molecule has 3 nitrogen and oxygen atoms in total. The third-order valence-corrected chi connectivity index (χ3v) is 4.09. The van der Waals surface area contributed by atoms with E-state index in [1.54, 1.807) is 0 Å². The van der Waals surface area contributed by atoms with Crippen LogP contribution in [0.1, 0.15) is 25.5 Å². The van der Waals surface area contributed by atoms with Crippen molar-refractivity contribution in [3.8, 4) is 22.6 Å². The molecule has 24 heavy (non-hydrogen) atoms. The molecule has 0 aliphatic heterocycles. The van der Waals surface area contributed by atoms with E-state index in [1.165, 1.54) is 0 Å². The molecule has 122 valence electrons. The number of aromatic nitrogens is 2. The average molecular weight is 318 g/mol. The lowest BCUT2D eigenvalue weighted by molar-refractivity contribution is 0.160. The molecule has 0 aliphatic rings. The third kappa shape index (κ3) is 4.06. The van der Waals surface area contributed by atoms with E-state index >= 15 is 0 Å². The van der Waals surface area contributed by atoms with Crippen molar-refractivity contribution >= 4 is 0 Å². The zero-order valence-electron chi connectivity index (χ0n) is 13.9. The maximum atomic E-state index is 9.85. The maximum absolute atomic E-state index is 9.85. The van der Waals surface area contributed by atoms with Crippen LogP contribution in [0.25, 0.3) is 22.6 Å². The highest BCUT2D eigenvalue weighted by molar-refractivity contribution is 5.64. The molecule has 1 unspecified atom stereocenters. The number of hydrogen-bond donors (Lipinski definition) is 1. The van der Waals surface area contributed by atoms with Crippen LogP contribution in [-0.4, -0.2) is 21.2 Å². The molecule has 0 fully saturated rings. The summed E-state index contributed by atoms with van der Waals surface area (Å²) in [6, 6.07) is 22.2. The first-order chi connectivity index (χ1) is 11.8. The van der Waals surface area contributed by atoms with Crippen molar-refractivity contribution in [3.63, 3.8) is 0 Å². The van der Waals surface area contributed by atoms with Gasteiger partial charge in [-0.15, -0.1) is 0 Å². The molecule has 1 aromatic heterocycles. The van der Waals surface area contributed by atoms with Crippen LogP contribution >= 0.6 is 0 Å². The highest BCUT2D eigenvalue weighted by Crippen LogP contribution is 2.23. The Balaban J connectivity index is 1.99. The van der Waals surface area contributed by atoms with Gasteiger partial charge in [-0.2, -0.15) is 0 Å². The minimum absolute atomic E-state index is 0.277. The van der Waals surface area contributed by atoms with Crippen LogP contribution in [0, 0.1) is 0 Å². The minimum Gasteiger partial charge on any atom is -0.393 e. The smallest absolute Gasteiger partial charge is 0.160 e. The first kappa shape index (κ1) is 16.3. The van der Waals surface area contributed by atoms with Gasteiger partial charge in [0.15, 0.2) is 5.82 Å². The van der Waals surface area contributed by atoms with Crippen molar-refractivity contribution in [1.29, 1.82) is 0 Å². The van der Waals surface area contributed by atoms with E-state index in [2.05, 4.69) is 12.1 Å². The summed E-state index contributed by atoms with van der Waals surface area (Å²) in [5, 5.41) is 9.85. The highest BCUT2D eigenvalue weighted by atomic mass is 16.3. The first-order valence-electron chi connectivity index (χ1n) is 8.43. The Hall–Kier alpha value is -2.52. The zero-order chi connectivity index (χ0) is 16.8. The second kappa shape index (κ2) is 7.84. The topological polar surface area (TPSA) is 46.0 Å². The lowest BCUT2D eigenvalue weighted by Gasteiger charge is -2.10. The van der Waals surface area contributed by atoms with Gasteiger partial charge in [0.2, 0.25) is 0 Å². The largest absolute Gasteiger partial charge is 0.393 e. The van der Waals surface area contributed by atoms with Gasteiger partial charge in [0.05, 0.1) is 11.8 Å². The number of hydrogen-bond acceptors (Lipinski definition) is 3. The lowest BCUT2D eigenvalue weighted by Crippen LogP contribution is -2.07. The fourth-order valence-electron chi connectivity index (χ4n) is 2.62. The predicted molar refractivity (Wildman–Crippen MR) is 97.5 cm³/mol. The first-order valence-corrected chi connectivity index (χ1v) is 8.43. The molecule has 0 aliphatic carbocycles. The predicted octanol–water partition coefficient (Wildman–Crippen LogP) is 4.51. The summed E-state index contributed by atoms with van der Waals surface area (Å²) in [6.07, 6.45) is 1.95. The van der Waals surface area contributed by atoms with Crippen molar-refractivity contribution in [1.82, 2.24) is 9.97 Å². The Morgan fingerprint density at radius 2 is 1.50 bits per heavy atom. The van der Waals surface area contributed by atoms with E-state index in [4.69, 9.17) is 9.97 Å². The molecule has 1 heterocycles. The maximum Gasteiger partial charge on any atom is 0.160 e. The molecule has 1 atom stereocenters. The molecule has 3 rings (SSSR count). The van der Waals surface area contributed by atoms with E-state index in [0.29, 0.717) is 0 Å². The Morgan fingerprint density at radius 3 is 2.12 bits per heavy atom. The summed E-state index contributed by atoms with van der Waals surface area (Å²) >= 11 is 0. The van der Waals surface area contributed by atoms with Crippen LogP contribution < -0.4 is 0 Å². The highest BCUT2D eigenvalue weighted by Gasteiger charge is 2.10. The number of aliphatic hydroxyl groups excluding tert-OH is 1. The van der Waals surface area contributed by atoms with Gasteiger partial charge >= 0.3 is 0 Å². The van der Waals surface area contributed by atoms with Gasteiger partial charge in [0.25, 0.3) is 0 Å². The summed E-state index contributed by atoms with van der Waals surface area (Å²) in [5.74, 6) is 0.734. The van der Waals surface area contributed by atoms with E-state index < -0.39 is 0 Å². The number of benzene rings is 2. The van der Waals surface area contributed by atoms with Gasteiger partial charge < -0.3 is 5.11 Å². The molecule has 0 saturated heterocycles. The molecule has 0 bridgehead atoms. The van der Waals surface area contributed by atoms with Crippen LogP contribution in [0.4, 0.5) is 0 Å². The van der Waals surface area contributed by atoms with Gasteiger partial charge in [-0.05, 0) is 25.3 Å². The van der Waals surface area contributed by atoms with Crippen LogP contribution in [0.5, 0.6) is 0 Å². The molecular weight excluding hydrogens is 296 g/mol. The molecule has 1 N–H and O–H groups in total. The van der Waals surface area contributed by atoms with Crippen molar-refractivity contribution in [2.24, 2.45) is 0 Å². The monoisotopic (exact) mass is 318 g/mol. The summed E-state index contributed by atoms with van der Waals surface area (Å²) in [5.41, 5.74) is 3.97. The quantitative estimate of drug-likeness (QED) is 0.727. The Kier molecular flexibility index (Phi) is 5.34. The zero-order valence-corrected chi connectivity index (χ0v) is 13.9. The number of aliphatic hydroxyl groups is 1.